The Hall–Kier alpha value is -1.43. The number of nitrogens with one attached hydrogen (secondary N) is 1. The van der Waals surface area contributed by atoms with Crippen molar-refractivity contribution in [2.75, 3.05) is 5.32 Å². The van der Waals surface area contributed by atoms with Gasteiger partial charge in [-0.1, -0.05) is 0 Å². The average molecular weight is 281 g/mol. The number of halogens is 1. The van der Waals surface area contributed by atoms with E-state index in [4.69, 9.17) is 0 Å². The molecule has 0 spiro atoms. The standard InChI is InChI=1S/C10H9BrN4O/c11-7-2-1-5-15-8(7)12-10(14-15)13-9(16)6-3-4-6/h1-2,5-6H,3-4H2,(H,13,14,16). The summed E-state index contributed by atoms with van der Waals surface area (Å²) in [6, 6.07) is 3.74. The Kier molecular flexibility index (Phi) is 2.17. The Morgan fingerprint density at radius 3 is 3.06 bits per heavy atom. The van der Waals surface area contributed by atoms with Crippen LogP contribution in [0, 0.1) is 5.92 Å². The Morgan fingerprint density at radius 1 is 1.56 bits per heavy atom. The number of anilines is 1. The maximum Gasteiger partial charge on any atom is 0.249 e. The first-order chi connectivity index (χ1) is 7.74. The van der Waals surface area contributed by atoms with E-state index in [9.17, 15) is 4.79 Å². The molecule has 0 atom stereocenters. The number of hydrogen-bond acceptors (Lipinski definition) is 3. The zero-order chi connectivity index (χ0) is 11.1. The van der Waals surface area contributed by atoms with Gasteiger partial charge in [0.05, 0.1) is 4.47 Å². The van der Waals surface area contributed by atoms with Crippen molar-refractivity contribution in [3.63, 3.8) is 0 Å². The van der Waals surface area contributed by atoms with E-state index in [1.54, 1.807) is 10.7 Å². The van der Waals surface area contributed by atoms with Crippen molar-refractivity contribution >= 4 is 33.4 Å². The molecule has 82 valence electrons. The maximum absolute atomic E-state index is 11.5. The number of fused-ring (bicyclic) bond motifs is 1. The summed E-state index contributed by atoms with van der Waals surface area (Å²) in [6.45, 7) is 0. The number of pyridine rings is 1. The molecule has 1 aliphatic carbocycles. The van der Waals surface area contributed by atoms with Crippen LogP contribution in [0.3, 0.4) is 0 Å². The van der Waals surface area contributed by atoms with Crippen molar-refractivity contribution in [2.24, 2.45) is 5.92 Å². The lowest BCUT2D eigenvalue weighted by Crippen LogP contribution is -2.14. The molecule has 0 bridgehead atoms. The van der Waals surface area contributed by atoms with E-state index in [2.05, 4.69) is 31.3 Å². The summed E-state index contributed by atoms with van der Waals surface area (Å²) in [5.41, 5.74) is 0.702. The Balaban J connectivity index is 1.92. The van der Waals surface area contributed by atoms with Crippen LogP contribution < -0.4 is 5.32 Å². The van der Waals surface area contributed by atoms with Gasteiger partial charge in [-0.15, -0.1) is 5.10 Å². The monoisotopic (exact) mass is 280 g/mol. The summed E-state index contributed by atoms with van der Waals surface area (Å²) in [7, 11) is 0. The minimum absolute atomic E-state index is 0.0204. The van der Waals surface area contributed by atoms with Gasteiger partial charge >= 0.3 is 0 Å². The molecule has 0 aliphatic heterocycles. The van der Waals surface area contributed by atoms with Crippen LogP contribution in [-0.2, 0) is 4.79 Å². The van der Waals surface area contributed by atoms with Gasteiger partial charge in [-0.25, -0.2) is 4.52 Å². The normalized spacial score (nSPS) is 15.3. The number of carbonyl (C=O) groups is 1. The van der Waals surface area contributed by atoms with Crippen LogP contribution in [0.1, 0.15) is 12.8 Å². The molecular formula is C10H9BrN4O. The van der Waals surface area contributed by atoms with Crippen molar-refractivity contribution in [2.45, 2.75) is 12.8 Å². The molecule has 0 unspecified atom stereocenters. The fourth-order valence-corrected chi connectivity index (χ4v) is 1.91. The van der Waals surface area contributed by atoms with E-state index in [1.165, 1.54) is 0 Å². The summed E-state index contributed by atoms with van der Waals surface area (Å²) in [5.74, 6) is 0.547. The first-order valence-electron chi connectivity index (χ1n) is 5.06. The third-order valence-electron chi connectivity index (χ3n) is 2.50. The minimum Gasteiger partial charge on any atom is -0.293 e. The third-order valence-corrected chi connectivity index (χ3v) is 3.12. The van der Waals surface area contributed by atoms with Crippen molar-refractivity contribution in [1.82, 2.24) is 14.6 Å². The molecule has 2 heterocycles. The highest BCUT2D eigenvalue weighted by molar-refractivity contribution is 9.10. The van der Waals surface area contributed by atoms with Crippen LogP contribution in [0.2, 0.25) is 0 Å². The fourth-order valence-electron chi connectivity index (χ4n) is 1.48. The number of aromatic nitrogens is 3. The lowest BCUT2D eigenvalue weighted by molar-refractivity contribution is -0.117. The highest BCUT2D eigenvalue weighted by Crippen LogP contribution is 2.29. The number of nitrogens with zero attached hydrogens (tertiary/aromatic N) is 3. The molecule has 0 aromatic carbocycles. The molecule has 16 heavy (non-hydrogen) atoms. The van der Waals surface area contributed by atoms with Gasteiger partial charge in [-0.2, -0.15) is 4.98 Å². The summed E-state index contributed by atoms with van der Waals surface area (Å²) >= 11 is 3.38. The van der Waals surface area contributed by atoms with Crippen LogP contribution in [0.4, 0.5) is 5.95 Å². The second-order valence-corrected chi connectivity index (χ2v) is 4.68. The lowest BCUT2D eigenvalue weighted by Gasteiger charge is -1.95. The first kappa shape index (κ1) is 9.77. The molecule has 0 saturated heterocycles. The van der Waals surface area contributed by atoms with Gasteiger partial charge in [0, 0.05) is 12.1 Å². The molecule has 5 nitrogen and oxygen atoms in total. The van der Waals surface area contributed by atoms with Gasteiger partial charge in [0.15, 0.2) is 5.65 Å². The fraction of sp³-hybridized carbons (Fsp3) is 0.300. The third kappa shape index (κ3) is 1.69. The Bertz CT molecular complexity index is 561. The van der Waals surface area contributed by atoms with E-state index in [-0.39, 0.29) is 11.8 Å². The highest BCUT2D eigenvalue weighted by atomic mass is 79.9. The Labute approximate surface area is 100.0 Å². The minimum atomic E-state index is 0.0204. The zero-order valence-electron chi connectivity index (χ0n) is 8.35. The lowest BCUT2D eigenvalue weighted by atomic mass is 10.4. The second-order valence-electron chi connectivity index (χ2n) is 3.82. The number of carbonyl (C=O) groups excluding carboxylic acids is 1. The van der Waals surface area contributed by atoms with Crippen LogP contribution >= 0.6 is 15.9 Å². The molecule has 1 saturated carbocycles. The quantitative estimate of drug-likeness (QED) is 0.913. The molecule has 2 aromatic rings. The van der Waals surface area contributed by atoms with Crippen LogP contribution in [0.5, 0.6) is 0 Å². The van der Waals surface area contributed by atoms with Crippen LogP contribution in [0.15, 0.2) is 22.8 Å². The summed E-state index contributed by atoms with van der Waals surface area (Å²) < 4.78 is 2.49. The Morgan fingerprint density at radius 2 is 2.38 bits per heavy atom. The van der Waals surface area contributed by atoms with E-state index in [0.717, 1.165) is 17.3 Å². The smallest absolute Gasteiger partial charge is 0.249 e. The molecular weight excluding hydrogens is 272 g/mol. The summed E-state index contributed by atoms with van der Waals surface area (Å²) in [5, 5.41) is 6.88. The largest absolute Gasteiger partial charge is 0.293 e. The van der Waals surface area contributed by atoms with E-state index in [1.807, 2.05) is 12.1 Å². The molecule has 2 aromatic heterocycles. The van der Waals surface area contributed by atoms with Gasteiger partial charge in [0.1, 0.15) is 0 Å². The van der Waals surface area contributed by atoms with Gasteiger partial charge < -0.3 is 0 Å². The summed E-state index contributed by atoms with van der Waals surface area (Å²) in [4.78, 5) is 15.8. The molecule has 6 heteroatoms. The van der Waals surface area contributed by atoms with Crippen LogP contribution in [0.25, 0.3) is 5.65 Å². The van der Waals surface area contributed by atoms with Crippen LogP contribution in [-0.4, -0.2) is 20.5 Å². The molecule has 1 fully saturated rings. The predicted molar refractivity (Wildman–Crippen MR) is 62.0 cm³/mol. The SMILES string of the molecule is O=C(Nc1nc2c(Br)cccn2n1)C1CC1. The van der Waals surface area contributed by atoms with Crippen molar-refractivity contribution in [1.29, 1.82) is 0 Å². The first-order valence-corrected chi connectivity index (χ1v) is 5.85. The predicted octanol–water partition coefficient (Wildman–Crippen LogP) is 1.84. The van der Waals surface area contributed by atoms with Crippen molar-refractivity contribution < 1.29 is 4.79 Å². The van der Waals surface area contributed by atoms with Gasteiger partial charge in [-0.3, -0.25) is 10.1 Å². The van der Waals surface area contributed by atoms with E-state index >= 15 is 0 Å². The molecule has 1 amide bonds. The zero-order valence-corrected chi connectivity index (χ0v) is 9.94. The average Bonchev–Trinajstić information content (AvgIpc) is 3.01. The number of hydrogen-bond donors (Lipinski definition) is 1. The van der Waals surface area contributed by atoms with Crippen molar-refractivity contribution in [3.8, 4) is 0 Å². The second kappa shape index (κ2) is 3.55. The van der Waals surface area contributed by atoms with Gasteiger partial charge in [0.25, 0.3) is 0 Å². The highest BCUT2D eigenvalue weighted by Gasteiger charge is 2.30. The maximum atomic E-state index is 11.5. The van der Waals surface area contributed by atoms with Crippen molar-refractivity contribution in [3.05, 3.63) is 22.8 Å². The molecule has 0 radical (unpaired) electrons. The molecule has 3 rings (SSSR count). The van der Waals surface area contributed by atoms with Gasteiger partial charge in [0.2, 0.25) is 11.9 Å². The topological polar surface area (TPSA) is 59.3 Å². The van der Waals surface area contributed by atoms with E-state index < -0.39 is 0 Å². The van der Waals surface area contributed by atoms with E-state index in [0.29, 0.717) is 11.6 Å². The van der Waals surface area contributed by atoms with Gasteiger partial charge in [-0.05, 0) is 40.9 Å². The number of amides is 1. The molecule has 1 aliphatic rings. The summed E-state index contributed by atoms with van der Waals surface area (Å²) in [6.07, 6.45) is 3.74. The number of rotatable bonds is 2. The molecule has 1 N–H and O–H groups in total.